The van der Waals surface area contributed by atoms with Crippen molar-refractivity contribution in [2.45, 2.75) is 17.6 Å². The van der Waals surface area contributed by atoms with E-state index in [9.17, 15) is 21.6 Å². The number of benzene rings is 2. The van der Waals surface area contributed by atoms with Crippen LogP contribution in [0.15, 0.2) is 57.9 Å². The summed E-state index contributed by atoms with van der Waals surface area (Å²) in [6.07, 6.45) is -3.30. The number of hydrogen-bond donors (Lipinski definition) is 1. The van der Waals surface area contributed by atoms with E-state index < -0.39 is 21.6 Å². The van der Waals surface area contributed by atoms with Crippen LogP contribution in [0, 0.1) is 0 Å². The quantitative estimate of drug-likeness (QED) is 0.705. The van der Waals surface area contributed by atoms with Gasteiger partial charge in [0.1, 0.15) is 0 Å². The number of nitrogens with zero attached hydrogens (tertiary/aromatic N) is 2. The molecule has 0 saturated heterocycles. The zero-order chi connectivity index (χ0) is 19.7. The van der Waals surface area contributed by atoms with Crippen molar-refractivity contribution in [3.8, 4) is 11.4 Å². The van der Waals surface area contributed by atoms with Gasteiger partial charge in [0, 0.05) is 17.5 Å². The van der Waals surface area contributed by atoms with Crippen molar-refractivity contribution in [1.29, 1.82) is 0 Å². The van der Waals surface area contributed by atoms with Gasteiger partial charge in [0.05, 0.1) is 17.0 Å². The summed E-state index contributed by atoms with van der Waals surface area (Å²) in [5, 5.41) is 6.70. The second kappa shape index (κ2) is 7.03. The van der Waals surface area contributed by atoms with E-state index in [1.807, 2.05) is 0 Å². The highest BCUT2D eigenvalue weighted by molar-refractivity contribution is 7.90. The number of sulfone groups is 1. The van der Waals surface area contributed by atoms with Crippen molar-refractivity contribution in [3.63, 3.8) is 0 Å². The number of nitrogens with one attached hydrogen (secondary N) is 1. The van der Waals surface area contributed by atoms with E-state index in [4.69, 9.17) is 4.52 Å². The van der Waals surface area contributed by atoms with Crippen LogP contribution in [0.4, 0.5) is 18.9 Å². The molecule has 27 heavy (non-hydrogen) atoms. The van der Waals surface area contributed by atoms with E-state index in [-0.39, 0.29) is 23.2 Å². The fourth-order valence-electron chi connectivity index (χ4n) is 2.27. The molecule has 1 aromatic heterocycles. The summed E-state index contributed by atoms with van der Waals surface area (Å²) in [5.74, 6) is 0.361. The minimum atomic E-state index is -4.41. The first-order valence-corrected chi connectivity index (χ1v) is 9.56. The van der Waals surface area contributed by atoms with Crippen molar-refractivity contribution < 1.29 is 26.1 Å². The summed E-state index contributed by atoms with van der Waals surface area (Å²) in [6.45, 7) is 0.126. The maximum Gasteiger partial charge on any atom is 0.416 e. The van der Waals surface area contributed by atoms with E-state index in [0.717, 1.165) is 18.4 Å². The van der Waals surface area contributed by atoms with Crippen LogP contribution >= 0.6 is 0 Å². The average molecular weight is 397 g/mol. The lowest BCUT2D eigenvalue weighted by molar-refractivity contribution is -0.137. The van der Waals surface area contributed by atoms with Crippen LogP contribution in [0.1, 0.15) is 11.5 Å². The molecule has 3 rings (SSSR count). The molecule has 0 unspecified atom stereocenters. The molecule has 0 aliphatic heterocycles. The van der Waals surface area contributed by atoms with Gasteiger partial charge in [-0.25, -0.2) is 8.42 Å². The highest BCUT2D eigenvalue weighted by atomic mass is 32.2. The van der Waals surface area contributed by atoms with Gasteiger partial charge >= 0.3 is 6.18 Å². The Kier molecular flexibility index (Phi) is 4.92. The van der Waals surface area contributed by atoms with Gasteiger partial charge in [0.2, 0.25) is 11.7 Å². The maximum absolute atomic E-state index is 12.6. The molecule has 0 radical (unpaired) electrons. The van der Waals surface area contributed by atoms with Gasteiger partial charge in [-0.1, -0.05) is 23.4 Å². The third kappa shape index (κ3) is 4.64. The molecule has 6 nitrogen and oxygen atoms in total. The minimum Gasteiger partial charge on any atom is -0.376 e. The summed E-state index contributed by atoms with van der Waals surface area (Å²) in [7, 11) is -3.33. The van der Waals surface area contributed by atoms with E-state index in [0.29, 0.717) is 11.3 Å². The van der Waals surface area contributed by atoms with Gasteiger partial charge in [-0.3, -0.25) is 0 Å². The lowest BCUT2D eigenvalue weighted by Gasteiger charge is -2.06. The number of rotatable bonds is 5. The maximum atomic E-state index is 12.6. The molecule has 0 bridgehead atoms. The van der Waals surface area contributed by atoms with E-state index in [2.05, 4.69) is 15.5 Å². The van der Waals surface area contributed by atoms with Crippen LogP contribution in [-0.4, -0.2) is 24.8 Å². The molecule has 10 heteroatoms. The molecule has 3 aromatic rings. The molecule has 0 aliphatic rings. The van der Waals surface area contributed by atoms with Crippen molar-refractivity contribution >= 4 is 15.5 Å². The molecule has 142 valence electrons. The fourth-order valence-corrected chi connectivity index (χ4v) is 2.93. The Morgan fingerprint density at radius 1 is 1.11 bits per heavy atom. The number of hydrogen-bond acceptors (Lipinski definition) is 6. The Bertz CT molecular complexity index is 1050. The van der Waals surface area contributed by atoms with Gasteiger partial charge in [-0.2, -0.15) is 18.2 Å². The number of alkyl halides is 3. The molecule has 0 atom stereocenters. The Balaban J connectivity index is 1.70. The van der Waals surface area contributed by atoms with Crippen molar-refractivity contribution in [2.75, 3.05) is 11.6 Å². The predicted molar refractivity (Wildman–Crippen MR) is 91.6 cm³/mol. The monoisotopic (exact) mass is 397 g/mol. The zero-order valence-electron chi connectivity index (χ0n) is 14.0. The average Bonchev–Trinajstić information content (AvgIpc) is 3.08. The first kappa shape index (κ1) is 18.9. The van der Waals surface area contributed by atoms with Crippen LogP contribution < -0.4 is 5.32 Å². The molecule has 0 amide bonds. The first-order valence-electron chi connectivity index (χ1n) is 7.67. The summed E-state index contributed by atoms with van der Waals surface area (Å²) in [6, 6.07) is 10.7. The molecule has 1 N–H and O–H groups in total. The van der Waals surface area contributed by atoms with Crippen LogP contribution in [0.3, 0.4) is 0 Å². The van der Waals surface area contributed by atoms with Gasteiger partial charge < -0.3 is 9.84 Å². The first-order chi connectivity index (χ1) is 12.6. The standard InChI is InChI=1S/C17H14F3N3O3S/c1-27(24,25)14-4-2-3-13(9-14)21-10-15-22-16(23-26-15)11-5-7-12(8-6-11)17(18,19)20/h2-9,21H,10H2,1H3. The summed E-state index contributed by atoms with van der Waals surface area (Å²) in [5.41, 5.74) is 0.173. The van der Waals surface area contributed by atoms with Crippen LogP contribution in [0.2, 0.25) is 0 Å². The number of aromatic nitrogens is 2. The van der Waals surface area contributed by atoms with Gasteiger partial charge in [0.25, 0.3) is 0 Å². The van der Waals surface area contributed by atoms with Crippen LogP contribution in [0.5, 0.6) is 0 Å². The Morgan fingerprint density at radius 2 is 1.81 bits per heavy atom. The molecule has 1 heterocycles. The fraction of sp³-hybridized carbons (Fsp3) is 0.176. The van der Waals surface area contributed by atoms with E-state index in [1.54, 1.807) is 12.1 Å². The Hall–Kier alpha value is -2.88. The SMILES string of the molecule is CS(=O)(=O)c1cccc(NCc2nc(-c3ccc(C(F)(F)F)cc3)no2)c1. The van der Waals surface area contributed by atoms with Crippen molar-refractivity contribution in [1.82, 2.24) is 10.1 Å². The number of anilines is 1. The van der Waals surface area contributed by atoms with Crippen molar-refractivity contribution in [3.05, 3.63) is 60.0 Å². The topological polar surface area (TPSA) is 85.1 Å². The molecule has 0 saturated carbocycles. The summed E-state index contributed by atoms with van der Waals surface area (Å²) >= 11 is 0. The van der Waals surface area contributed by atoms with Crippen molar-refractivity contribution in [2.24, 2.45) is 0 Å². The molecule has 0 aliphatic carbocycles. The molecular weight excluding hydrogens is 383 g/mol. The Labute approximate surface area is 152 Å². The normalized spacial score (nSPS) is 12.1. The summed E-state index contributed by atoms with van der Waals surface area (Å²) in [4.78, 5) is 4.29. The second-order valence-electron chi connectivity index (χ2n) is 5.74. The predicted octanol–water partition coefficient (Wildman–Crippen LogP) is 3.77. The molecule has 0 spiro atoms. The third-order valence-corrected chi connectivity index (χ3v) is 4.75. The summed E-state index contributed by atoms with van der Waals surface area (Å²) < 4.78 is 66.0. The smallest absolute Gasteiger partial charge is 0.376 e. The van der Waals surface area contributed by atoms with E-state index in [1.165, 1.54) is 24.3 Å². The Morgan fingerprint density at radius 3 is 2.44 bits per heavy atom. The third-order valence-electron chi connectivity index (χ3n) is 3.64. The largest absolute Gasteiger partial charge is 0.416 e. The van der Waals surface area contributed by atoms with Crippen LogP contribution in [0.25, 0.3) is 11.4 Å². The minimum absolute atomic E-state index is 0.126. The zero-order valence-corrected chi connectivity index (χ0v) is 14.8. The second-order valence-corrected chi connectivity index (χ2v) is 7.76. The molecule has 2 aromatic carbocycles. The lowest BCUT2D eigenvalue weighted by atomic mass is 10.1. The van der Waals surface area contributed by atoms with Gasteiger partial charge in [-0.15, -0.1) is 0 Å². The molecule has 0 fully saturated rings. The van der Waals surface area contributed by atoms with Gasteiger partial charge in [0.15, 0.2) is 9.84 Å². The highest BCUT2D eigenvalue weighted by Crippen LogP contribution is 2.30. The highest BCUT2D eigenvalue weighted by Gasteiger charge is 2.30. The van der Waals surface area contributed by atoms with E-state index >= 15 is 0 Å². The lowest BCUT2D eigenvalue weighted by Crippen LogP contribution is -2.04. The van der Waals surface area contributed by atoms with Crippen LogP contribution in [-0.2, 0) is 22.6 Å². The molecular formula is C17H14F3N3O3S. The number of halogens is 3. The van der Waals surface area contributed by atoms with Gasteiger partial charge in [-0.05, 0) is 30.3 Å².